The lowest BCUT2D eigenvalue weighted by atomic mass is 9.95. The number of nitrogens with zero attached hydrogens (tertiary/aromatic N) is 1. The Balaban J connectivity index is 2.34. The SMILES string of the molecule is Cc1ccc(C(C(C)N)N2CC(=O)NC(=O)C2C)cc1. The summed E-state index contributed by atoms with van der Waals surface area (Å²) in [7, 11) is 0. The van der Waals surface area contributed by atoms with Gasteiger partial charge in [0.1, 0.15) is 0 Å². The zero-order valence-electron chi connectivity index (χ0n) is 12.1. The molecule has 0 aliphatic carbocycles. The maximum absolute atomic E-state index is 11.8. The van der Waals surface area contributed by atoms with E-state index >= 15 is 0 Å². The monoisotopic (exact) mass is 275 g/mol. The number of piperazine rings is 1. The molecule has 0 saturated carbocycles. The summed E-state index contributed by atoms with van der Waals surface area (Å²) in [5.41, 5.74) is 8.30. The molecule has 20 heavy (non-hydrogen) atoms. The van der Waals surface area contributed by atoms with Crippen molar-refractivity contribution < 1.29 is 9.59 Å². The lowest BCUT2D eigenvalue weighted by Gasteiger charge is -2.40. The Kier molecular flexibility index (Phi) is 4.20. The third-order valence-electron chi connectivity index (χ3n) is 3.74. The Hall–Kier alpha value is -1.72. The molecule has 5 nitrogen and oxygen atoms in total. The molecule has 0 spiro atoms. The fourth-order valence-electron chi connectivity index (χ4n) is 2.63. The molecule has 1 fully saturated rings. The first-order chi connectivity index (χ1) is 9.40. The van der Waals surface area contributed by atoms with E-state index in [9.17, 15) is 9.59 Å². The average Bonchev–Trinajstić information content (AvgIpc) is 2.37. The first-order valence-electron chi connectivity index (χ1n) is 6.81. The smallest absolute Gasteiger partial charge is 0.243 e. The molecule has 0 bridgehead atoms. The standard InChI is InChI=1S/C15H21N3O2/c1-9-4-6-12(7-5-9)14(10(2)16)18-8-13(19)17-15(20)11(18)3/h4-7,10-11,14H,8,16H2,1-3H3,(H,17,19,20). The van der Waals surface area contributed by atoms with Crippen molar-refractivity contribution in [2.45, 2.75) is 38.9 Å². The van der Waals surface area contributed by atoms with Crippen LogP contribution in [0.1, 0.15) is 31.0 Å². The van der Waals surface area contributed by atoms with Gasteiger partial charge in [-0.2, -0.15) is 0 Å². The summed E-state index contributed by atoms with van der Waals surface area (Å²) in [5, 5.41) is 2.35. The Morgan fingerprint density at radius 2 is 1.90 bits per heavy atom. The number of carbonyl (C=O) groups excluding carboxylic acids is 2. The highest BCUT2D eigenvalue weighted by Crippen LogP contribution is 2.27. The van der Waals surface area contributed by atoms with Crippen LogP contribution in [0.5, 0.6) is 0 Å². The predicted molar refractivity (Wildman–Crippen MR) is 76.9 cm³/mol. The summed E-state index contributed by atoms with van der Waals surface area (Å²) >= 11 is 0. The number of hydrogen-bond acceptors (Lipinski definition) is 4. The van der Waals surface area contributed by atoms with E-state index in [2.05, 4.69) is 5.32 Å². The zero-order chi connectivity index (χ0) is 14.9. The third kappa shape index (κ3) is 2.89. The number of benzene rings is 1. The Labute approximate surface area is 119 Å². The molecule has 1 aliphatic rings. The fraction of sp³-hybridized carbons (Fsp3) is 0.467. The fourth-order valence-corrected chi connectivity index (χ4v) is 2.63. The number of rotatable bonds is 3. The summed E-state index contributed by atoms with van der Waals surface area (Å²) in [6.45, 7) is 5.90. The average molecular weight is 275 g/mol. The summed E-state index contributed by atoms with van der Waals surface area (Å²) in [5.74, 6) is -0.537. The van der Waals surface area contributed by atoms with Crippen molar-refractivity contribution in [3.8, 4) is 0 Å². The molecule has 2 amide bonds. The van der Waals surface area contributed by atoms with Crippen LogP contribution in [0.2, 0.25) is 0 Å². The van der Waals surface area contributed by atoms with Crippen LogP contribution in [0.25, 0.3) is 0 Å². The second kappa shape index (κ2) is 5.73. The topological polar surface area (TPSA) is 75.4 Å². The molecule has 3 N–H and O–H groups in total. The van der Waals surface area contributed by atoms with Crippen LogP contribution in [-0.4, -0.2) is 35.3 Å². The van der Waals surface area contributed by atoms with Crippen LogP contribution < -0.4 is 11.1 Å². The van der Waals surface area contributed by atoms with Crippen LogP contribution in [0.4, 0.5) is 0 Å². The van der Waals surface area contributed by atoms with Gasteiger partial charge in [0.05, 0.1) is 18.6 Å². The van der Waals surface area contributed by atoms with Gasteiger partial charge in [-0.15, -0.1) is 0 Å². The summed E-state index contributed by atoms with van der Waals surface area (Å²) < 4.78 is 0. The van der Waals surface area contributed by atoms with Gasteiger partial charge in [-0.3, -0.25) is 19.8 Å². The van der Waals surface area contributed by atoms with Gasteiger partial charge in [0.25, 0.3) is 0 Å². The molecule has 5 heteroatoms. The molecule has 0 aromatic heterocycles. The molecule has 108 valence electrons. The number of carbonyl (C=O) groups is 2. The van der Waals surface area contributed by atoms with Crippen LogP contribution in [0.15, 0.2) is 24.3 Å². The maximum atomic E-state index is 11.8. The Bertz CT molecular complexity index is 510. The van der Waals surface area contributed by atoms with E-state index in [0.717, 1.165) is 11.1 Å². The molecular weight excluding hydrogens is 254 g/mol. The van der Waals surface area contributed by atoms with Crippen LogP contribution >= 0.6 is 0 Å². The lowest BCUT2D eigenvalue weighted by molar-refractivity contribution is -0.141. The van der Waals surface area contributed by atoms with E-state index in [1.54, 1.807) is 6.92 Å². The Morgan fingerprint density at radius 1 is 1.30 bits per heavy atom. The predicted octanol–water partition coefficient (Wildman–Crippen LogP) is 0.730. The number of nitrogens with one attached hydrogen (secondary N) is 1. The zero-order valence-corrected chi connectivity index (χ0v) is 12.1. The van der Waals surface area contributed by atoms with Gasteiger partial charge in [-0.25, -0.2) is 0 Å². The van der Waals surface area contributed by atoms with Gasteiger partial charge < -0.3 is 5.73 Å². The van der Waals surface area contributed by atoms with Crippen LogP contribution in [0, 0.1) is 6.92 Å². The van der Waals surface area contributed by atoms with E-state index in [1.165, 1.54) is 0 Å². The summed E-state index contributed by atoms with van der Waals surface area (Å²) in [6, 6.07) is 7.34. The van der Waals surface area contributed by atoms with Crippen LogP contribution in [-0.2, 0) is 9.59 Å². The molecule has 1 heterocycles. The van der Waals surface area contributed by atoms with Gasteiger partial charge in [0.2, 0.25) is 11.8 Å². The molecule has 2 rings (SSSR count). The second-order valence-electron chi connectivity index (χ2n) is 5.48. The van der Waals surface area contributed by atoms with Crippen molar-refractivity contribution >= 4 is 11.8 Å². The molecule has 1 aromatic rings. The summed E-state index contributed by atoms with van der Waals surface area (Å²) in [4.78, 5) is 25.3. The molecule has 3 unspecified atom stereocenters. The summed E-state index contributed by atoms with van der Waals surface area (Å²) in [6.07, 6.45) is 0. The van der Waals surface area contributed by atoms with E-state index in [1.807, 2.05) is 43.0 Å². The van der Waals surface area contributed by atoms with Gasteiger partial charge in [0.15, 0.2) is 0 Å². The Morgan fingerprint density at radius 3 is 2.45 bits per heavy atom. The van der Waals surface area contributed by atoms with Crippen molar-refractivity contribution in [3.05, 3.63) is 35.4 Å². The number of nitrogens with two attached hydrogens (primary N) is 1. The van der Waals surface area contributed by atoms with Gasteiger partial charge in [-0.1, -0.05) is 29.8 Å². The van der Waals surface area contributed by atoms with Gasteiger partial charge >= 0.3 is 0 Å². The molecule has 1 aromatic carbocycles. The van der Waals surface area contributed by atoms with Gasteiger partial charge in [-0.05, 0) is 26.3 Å². The first kappa shape index (κ1) is 14.7. The molecule has 3 atom stereocenters. The minimum Gasteiger partial charge on any atom is -0.326 e. The quantitative estimate of drug-likeness (QED) is 0.797. The minimum absolute atomic E-state index is 0.152. The van der Waals surface area contributed by atoms with Gasteiger partial charge in [0, 0.05) is 6.04 Å². The number of hydrogen-bond donors (Lipinski definition) is 2. The van der Waals surface area contributed by atoms with Crippen LogP contribution in [0.3, 0.4) is 0 Å². The minimum atomic E-state index is -0.370. The largest absolute Gasteiger partial charge is 0.326 e. The van der Waals surface area contributed by atoms with Crippen molar-refractivity contribution in [1.29, 1.82) is 0 Å². The van der Waals surface area contributed by atoms with Crippen molar-refractivity contribution in [1.82, 2.24) is 10.2 Å². The molecule has 1 aliphatic heterocycles. The highest BCUT2D eigenvalue weighted by molar-refractivity contribution is 6.00. The second-order valence-corrected chi connectivity index (χ2v) is 5.48. The number of imide groups is 1. The number of aryl methyl sites for hydroxylation is 1. The lowest BCUT2D eigenvalue weighted by Crippen LogP contribution is -2.59. The molecule has 0 radical (unpaired) electrons. The third-order valence-corrected chi connectivity index (χ3v) is 3.74. The first-order valence-corrected chi connectivity index (χ1v) is 6.81. The van der Waals surface area contributed by atoms with Crippen molar-refractivity contribution in [2.24, 2.45) is 5.73 Å². The highest BCUT2D eigenvalue weighted by atomic mass is 16.2. The van der Waals surface area contributed by atoms with E-state index < -0.39 is 0 Å². The molecular formula is C15H21N3O2. The molecule has 1 saturated heterocycles. The normalized spacial score (nSPS) is 23.3. The van der Waals surface area contributed by atoms with Crippen molar-refractivity contribution in [3.63, 3.8) is 0 Å². The number of amides is 2. The highest BCUT2D eigenvalue weighted by Gasteiger charge is 2.36. The maximum Gasteiger partial charge on any atom is 0.243 e. The van der Waals surface area contributed by atoms with E-state index in [0.29, 0.717) is 0 Å². The van der Waals surface area contributed by atoms with Crippen molar-refractivity contribution in [2.75, 3.05) is 6.54 Å². The van der Waals surface area contributed by atoms with E-state index in [4.69, 9.17) is 5.73 Å². The van der Waals surface area contributed by atoms with E-state index in [-0.39, 0.29) is 36.5 Å².